The molecular weight excluding hydrogens is 416 g/mol. The predicted molar refractivity (Wildman–Crippen MR) is 120 cm³/mol. The third kappa shape index (κ3) is 6.55. The summed E-state index contributed by atoms with van der Waals surface area (Å²) < 4.78 is 10.4. The summed E-state index contributed by atoms with van der Waals surface area (Å²) in [7, 11) is 0. The standard InChI is InChI=1S/C22H30N4O6/c1-6-26(7-2)14-9-8-13-10-15(21(30)31-17(13)11-14)19(28)24-25-20(29)16(23)12-18(27)32-22(3,4)5/h8-11,16H,6-7,12,23H2,1-5H3,(H,24,28)(H,25,29). The van der Waals surface area contributed by atoms with Gasteiger partial charge in [0.15, 0.2) is 0 Å². The molecule has 1 heterocycles. The Morgan fingerprint density at radius 3 is 2.38 bits per heavy atom. The lowest BCUT2D eigenvalue weighted by Crippen LogP contribution is -2.50. The van der Waals surface area contributed by atoms with Gasteiger partial charge in [-0.2, -0.15) is 0 Å². The minimum absolute atomic E-state index is 0.283. The van der Waals surface area contributed by atoms with E-state index < -0.39 is 35.1 Å². The number of carbonyl (C=O) groups excluding carboxylic acids is 3. The van der Waals surface area contributed by atoms with E-state index in [0.717, 1.165) is 18.8 Å². The summed E-state index contributed by atoms with van der Waals surface area (Å²) in [6, 6.07) is 5.50. The molecule has 0 aliphatic heterocycles. The molecule has 0 spiro atoms. The molecule has 1 aromatic heterocycles. The minimum Gasteiger partial charge on any atom is -0.460 e. The van der Waals surface area contributed by atoms with Gasteiger partial charge in [-0.25, -0.2) is 4.79 Å². The lowest BCUT2D eigenvalue weighted by molar-refractivity contribution is -0.156. The Labute approximate surface area is 186 Å². The summed E-state index contributed by atoms with van der Waals surface area (Å²) >= 11 is 0. The molecule has 0 aliphatic rings. The van der Waals surface area contributed by atoms with E-state index in [1.807, 2.05) is 19.9 Å². The zero-order valence-corrected chi connectivity index (χ0v) is 19.0. The van der Waals surface area contributed by atoms with Crippen LogP contribution in [0.3, 0.4) is 0 Å². The van der Waals surface area contributed by atoms with Crippen LogP contribution in [-0.2, 0) is 14.3 Å². The molecule has 0 fully saturated rings. The third-order valence-electron chi connectivity index (χ3n) is 4.54. The first-order valence-corrected chi connectivity index (χ1v) is 10.4. The fourth-order valence-corrected chi connectivity index (χ4v) is 2.98. The second-order valence-electron chi connectivity index (χ2n) is 8.18. The zero-order chi connectivity index (χ0) is 24.1. The van der Waals surface area contributed by atoms with E-state index in [0.29, 0.717) is 11.0 Å². The smallest absolute Gasteiger partial charge is 0.349 e. The summed E-state index contributed by atoms with van der Waals surface area (Å²) in [5.41, 5.74) is 9.30. The summed E-state index contributed by atoms with van der Waals surface area (Å²) in [5.74, 6) is -2.32. The van der Waals surface area contributed by atoms with Crippen molar-refractivity contribution in [1.29, 1.82) is 0 Å². The van der Waals surface area contributed by atoms with Gasteiger partial charge in [-0.15, -0.1) is 0 Å². The molecular formula is C22H30N4O6. The Hall–Kier alpha value is -3.40. The summed E-state index contributed by atoms with van der Waals surface area (Å²) in [4.78, 5) is 50.6. The Bertz CT molecular complexity index is 1050. The molecule has 0 radical (unpaired) electrons. The maximum Gasteiger partial charge on any atom is 0.349 e. The number of nitrogens with one attached hydrogen (secondary N) is 2. The first-order chi connectivity index (χ1) is 14.9. The Morgan fingerprint density at radius 2 is 1.78 bits per heavy atom. The number of ether oxygens (including phenoxy) is 1. The van der Waals surface area contributed by atoms with Crippen molar-refractivity contribution in [3.05, 3.63) is 40.2 Å². The molecule has 2 aromatic rings. The number of carbonyl (C=O) groups is 3. The number of benzene rings is 1. The molecule has 2 amide bonds. The summed E-state index contributed by atoms with van der Waals surface area (Å²) in [5, 5.41) is 0.554. The second kappa shape index (κ2) is 10.3. The van der Waals surface area contributed by atoms with Crippen molar-refractivity contribution in [1.82, 2.24) is 10.9 Å². The monoisotopic (exact) mass is 446 g/mol. The highest BCUT2D eigenvalue weighted by atomic mass is 16.6. The van der Waals surface area contributed by atoms with E-state index in [1.165, 1.54) is 6.07 Å². The van der Waals surface area contributed by atoms with Crippen LogP contribution in [0.25, 0.3) is 11.0 Å². The molecule has 10 heteroatoms. The van der Waals surface area contributed by atoms with Gasteiger partial charge in [0.2, 0.25) is 0 Å². The van der Waals surface area contributed by atoms with Crippen molar-refractivity contribution in [2.75, 3.05) is 18.0 Å². The lowest BCUT2D eigenvalue weighted by Gasteiger charge is -2.21. The van der Waals surface area contributed by atoms with E-state index in [-0.39, 0.29) is 12.0 Å². The average Bonchev–Trinajstić information content (AvgIpc) is 2.70. The molecule has 1 unspecified atom stereocenters. The summed E-state index contributed by atoms with van der Waals surface area (Å²) in [6.07, 6.45) is -0.369. The highest BCUT2D eigenvalue weighted by Crippen LogP contribution is 2.22. The van der Waals surface area contributed by atoms with Gasteiger partial charge >= 0.3 is 11.6 Å². The van der Waals surface area contributed by atoms with Crippen molar-refractivity contribution in [3.8, 4) is 0 Å². The molecule has 32 heavy (non-hydrogen) atoms. The van der Waals surface area contributed by atoms with Crippen LogP contribution in [0.4, 0.5) is 5.69 Å². The molecule has 2 rings (SSSR count). The van der Waals surface area contributed by atoms with E-state index in [9.17, 15) is 19.2 Å². The predicted octanol–water partition coefficient (Wildman–Crippen LogP) is 1.46. The number of hydrogen-bond acceptors (Lipinski definition) is 8. The van der Waals surface area contributed by atoms with Gasteiger partial charge in [-0.1, -0.05) is 0 Å². The Kier molecular flexibility index (Phi) is 7.98. The molecule has 0 saturated heterocycles. The van der Waals surface area contributed by atoms with Crippen LogP contribution in [0.2, 0.25) is 0 Å². The summed E-state index contributed by atoms with van der Waals surface area (Å²) in [6.45, 7) is 10.7. The number of anilines is 1. The Balaban J connectivity index is 2.06. The molecule has 1 aromatic carbocycles. The zero-order valence-electron chi connectivity index (χ0n) is 19.0. The normalized spacial score (nSPS) is 12.2. The van der Waals surface area contributed by atoms with Gasteiger partial charge in [0.25, 0.3) is 11.8 Å². The number of nitrogens with zero attached hydrogens (tertiary/aromatic N) is 1. The van der Waals surface area contributed by atoms with Crippen LogP contribution in [0.1, 0.15) is 51.4 Å². The van der Waals surface area contributed by atoms with Crippen molar-refractivity contribution in [2.45, 2.75) is 52.7 Å². The Morgan fingerprint density at radius 1 is 1.12 bits per heavy atom. The van der Waals surface area contributed by atoms with Gasteiger partial charge in [0, 0.05) is 30.2 Å². The SMILES string of the molecule is CCN(CC)c1ccc2cc(C(=O)NNC(=O)C(N)CC(=O)OC(C)(C)C)c(=O)oc2c1. The lowest BCUT2D eigenvalue weighted by atomic mass is 10.1. The minimum atomic E-state index is -1.24. The van der Waals surface area contributed by atoms with Gasteiger partial charge in [0.1, 0.15) is 16.7 Å². The number of esters is 1. The van der Waals surface area contributed by atoms with E-state index >= 15 is 0 Å². The number of amides is 2. The largest absolute Gasteiger partial charge is 0.460 e. The number of rotatable bonds is 7. The van der Waals surface area contributed by atoms with Gasteiger partial charge < -0.3 is 19.8 Å². The molecule has 174 valence electrons. The highest BCUT2D eigenvalue weighted by molar-refractivity contribution is 5.98. The maximum atomic E-state index is 12.4. The molecule has 1 atom stereocenters. The fourth-order valence-electron chi connectivity index (χ4n) is 2.98. The first-order valence-electron chi connectivity index (χ1n) is 10.4. The molecule has 0 bridgehead atoms. The quantitative estimate of drug-likeness (QED) is 0.329. The van der Waals surface area contributed by atoms with Crippen LogP contribution < -0.4 is 27.1 Å². The van der Waals surface area contributed by atoms with Crippen LogP contribution in [0, 0.1) is 0 Å². The van der Waals surface area contributed by atoms with Crippen molar-refractivity contribution in [3.63, 3.8) is 0 Å². The molecule has 10 nitrogen and oxygen atoms in total. The van der Waals surface area contributed by atoms with Crippen molar-refractivity contribution in [2.24, 2.45) is 5.73 Å². The molecule has 0 saturated carbocycles. The second-order valence-corrected chi connectivity index (χ2v) is 8.18. The highest BCUT2D eigenvalue weighted by Gasteiger charge is 2.23. The van der Waals surface area contributed by atoms with Crippen LogP contribution in [-0.4, -0.2) is 42.5 Å². The van der Waals surface area contributed by atoms with E-state index in [1.54, 1.807) is 32.9 Å². The topological polar surface area (TPSA) is 144 Å². The molecule has 0 aliphatic carbocycles. The number of nitrogens with two attached hydrogens (primary N) is 1. The average molecular weight is 447 g/mol. The first kappa shape index (κ1) is 24.9. The maximum absolute atomic E-state index is 12.4. The fraction of sp³-hybridized carbons (Fsp3) is 0.455. The third-order valence-corrected chi connectivity index (χ3v) is 4.54. The van der Waals surface area contributed by atoms with E-state index in [2.05, 4.69) is 15.8 Å². The van der Waals surface area contributed by atoms with Crippen molar-refractivity contribution < 1.29 is 23.5 Å². The van der Waals surface area contributed by atoms with Gasteiger partial charge in [-0.3, -0.25) is 25.2 Å². The van der Waals surface area contributed by atoms with Gasteiger partial charge in [-0.05, 0) is 52.8 Å². The van der Waals surface area contributed by atoms with Gasteiger partial charge in [0.05, 0.1) is 12.5 Å². The molecule has 4 N–H and O–H groups in total. The number of hydrazine groups is 1. The number of hydrogen-bond donors (Lipinski definition) is 3. The van der Waals surface area contributed by atoms with Crippen LogP contribution in [0.5, 0.6) is 0 Å². The van der Waals surface area contributed by atoms with Crippen LogP contribution in [0.15, 0.2) is 33.5 Å². The number of fused-ring (bicyclic) bond motifs is 1. The van der Waals surface area contributed by atoms with Crippen LogP contribution >= 0.6 is 0 Å². The van der Waals surface area contributed by atoms with E-state index in [4.69, 9.17) is 14.9 Å². The van der Waals surface area contributed by atoms with Crippen molar-refractivity contribution >= 4 is 34.4 Å².